The zero-order chi connectivity index (χ0) is 12.9. The van der Waals surface area contributed by atoms with Gasteiger partial charge in [-0.05, 0) is 13.3 Å². The number of amides is 1. The number of carbonyl (C=O) groups excluding carboxylic acids is 1. The van der Waals surface area contributed by atoms with Crippen LogP contribution in [-0.4, -0.2) is 37.7 Å². The van der Waals surface area contributed by atoms with E-state index in [0.29, 0.717) is 6.54 Å². The third-order valence-electron chi connectivity index (χ3n) is 3.39. The van der Waals surface area contributed by atoms with Gasteiger partial charge in [0.2, 0.25) is 5.91 Å². The molecule has 0 aliphatic heterocycles. The van der Waals surface area contributed by atoms with Crippen molar-refractivity contribution in [2.75, 3.05) is 19.7 Å². The smallest absolute Gasteiger partial charge is 0.234 e. The van der Waals surface area contributed by atoms with Crippen molar-refractivity contribution in [1.82, 2.24) is 10.6 Å². The third kappa shape index (κ3) is 3.45. The molecule has 2 atom stereocenters. The van der Waals surface area contributed by atoms with Crippen LogP contribution < -0.4 is 10.6 Å². The Morgan fingerprint density at radius 1 is 1.59 bits per heavy atom. The molecule has 0 aromatic rings. The van der Waals surface area contributed by atoms with Crippen molar-refractivity contribution in [2.45, 2.75) is 39.3 Å². The van der Waals surface area contributed by atoms with Crippen LogP contribution in [0.4, 0.5) is 0 Å². The highest BCUT2D eigenvalue weighted by Crippen LogP contribution is 2.42. The Kier molecular flexibility index (Phi) is 4.98. The van der Waals surface area contributed by atoms with Gasteiger partial charge in [0.15, 0.2) is 0 Å². The number of nitrogens with one attached hydrogen (secondary N) is 2. The molecule has 2 unspecified atom stereocenters. The molecule has 0 aromatic heterocycles. The second-order valence-corrected chi connectivity index (χ2v) is 4.93. The average Bonchev–Trinajstić information content (AvgIpc) is 2.28. The van der Waals surface area contributed by atoms with Crippen molar-refractivity contribution < 1.29 is 9.53 Å². The Morgan fingerprint density at radius 3 is 2.82 bits per heavy atom. The standard InChI is InChI=1S/C13H22N2O2/c1-5-7-14-9-12(16)15-10-8-11(17-6-2)13(10,3)4/h1,10-11,14H,6-9H2,2-4H3,(H,15,16). The van der Waals surface area contributed by atoms with Gasteiger partial charge in [0.1, 0.15) is 0 Å². The van der Waals surface area contributed by atoms with E-state index in [0.717, 1.165) is 13.0 Å². The number of hydrogen-bond acceptors (Lipinski definition) is 3. The first kappa shape index (κ1) is 14.0. The first-order valence-corrected chi connectivity index (χ1v) is 6.07. The quantitative estimate of drug-likeness (QED) is 0.524. The Morgan fingerprint density at radius 2 is 2.29 bits per heavy atom. The summed E-state index contributed by atoms with van der Waals surface area (Å²) in [6, 6.07) is 0.194. The third-order valence-corrected chi connectivity index (χ3v) is 3.39. The fourth-order valence-corrected chi connectivity index (χ4v) is 2.11. The number of ether oxygens (including phenoxy) is 1. The number of terminal acetylenes is 1. The molecular formula is C13H22N2O2. The van der Waals surface area contributed by atoms with Gasteiger partial charge in [-0.1, -0.05) is 19.8 Å². The van der Waals surface area contributed by atoms with E-state index >= 15 is 0 Å². The molecular weight excluding hydrogens is 216 g/mol. The van der Waals surface area contributed by atoms with E-state index in [4.69, 9.17) is 11.2 Å². The maximum Gasteiger partial charge on any atom is 0.234 e. The summed E-state index contributed by atoms with van der Waals surface area (Å²) in [5.41, 5.74) is 0.0117. The van der Waals surface area contributed by atoms with E-state index < -0.39 is 0 Å². The molecule has 2 N–H and O–H groups in total. The van der Waals surface area contributed by atoms with Crippen LogP contribution in [0.25, 0.3) is 0 Å². The van der Waals surface area contributed by atoms with E-state index in [2.05, 4.69) is 30.4 Å². The molecule has 96 valence electrons. The number of carbonyl (C=O) groups is 1. The molecule has 4 heteroatoms. The fourth-order valence-electron chi connectivity index (χ4n) is 2.11. The monoisotopic (exact) mass is 238 g/mol. The molecule has 1 aliphatic carbocycles. The molecule has 17 heavy (non-hydrogen) atoms. The second-order valence-electron chi connectivity index (χ2n) is 4.93. The Labute approximate surface area is 103 Å². The van der Waals surface area contributed by atoms with E-state index in [1.54, 1.807) is 0 Å². The van der Waals surface area contributed by atoms with Crippen molar-refractivity contribution in [3.8, 4) is 12.3 Å². The summed E-state index contributed by atoms with van der Waals surface area (Å²) in [7, 11) is 0. The van der Waals surface area contributed by atoms with Crippen molar-refractivity contribution in [3.63, 3.8) is 0 Å². The first-order valence-electron chi connectivity index (χ1n) is 6.07. The van der Waals surface area contributed by atoms with Gasteiger partial charge in [-0.3, -0.25) is 10.1 Å². The lowest BCUT2D eigenvalue weighted by molar-refractivity contribution is -0.135. The molecule has 0 bridgehead atoms. The highest BCUT2D eigenvalue weighted by molar-refractivity contribution is 5.78. The van der Waals surface area contributed by atoms with Crippen LogP contribution in [0.3, 0.4) is 0 Å². The highest BCUT2D eigenvalue weighted by Gasteiger charge is 2.49. The van der Waals surface area contributed by atoms with Gasteiger partial charge in [0.05, 0.1) is 19.2 Å². The summed E-state index contributed by atoms with van der Waals surface area (Å²) >= 11 is 0. The van der Waals surface area contributed by atoms with Crippen LogP contribution in [0.2, 0.25) is 0 Å². The molecule has 0 heterocycles. The van der Waals surface area contributed by atoms with Crippen molar-refractivity contribution >= 4 is 5.91 Å². The predicted molar refractivity (Wildman–Crippen MR) is 67.4 cm³/mol. The first-order chi connectivity index (χ1) is 8.02. The predicted octanol–water partition coefficient (Wildman–Crippen LogP) is 0.529. The molecule has 0 saturated heterocycles. The second kappa shape index (κ2) is 6.04. The van der Waals surface area contributed by atoms with Crippen molar-refractivity contribution in [2.24, 2.45) is 5.41 Å². The topological polar surface area (TPSA) is 50.4 Å². The molecule has 1 rings (SSSR count). The molecule has 4 nitrogen and oxygen atoms in total. The molecule has 0 aromatic carbocycles. The van der Waals surface area contributed by atoms with E-state index in [9.17, 15) is 4.79 Å². The van der Waals surface area contributed by atoms with E-state index in [-0.39, 0.29) is 30.0 Å². The fraction of sp³-hybridized carbons (Fsp3) is 0.769. The molecule has 1 saturated carbocycles. The largest absolute Gasteiger partial charge is 0.378 e. The van der Waals surface area contributed by atoms with Gasteiger partial charge < -0.3 is 10.1 Å². The van der Waals surface area contributed by atoms with E-state index in [1.165, 1.54) is 0 Å². The average molecular weight is 238 g/mol. The molecule has 1 aliphatic rings. The summed E-state index contributed by atoms with van der Waals surface area (Å²) in [4.78, 5) is 11.6. The summed E-state index contributed by atoms with van der Waals surface area (Å²) < 4.78 is 5.61. The summed E-state index contributed by atoms with van der Waals surface area (Å²) in [6.45, 7) is 7.65. The molecule has 1 amide bonds. The Bertz CT molecular complexity index is 307. The van der Waals surface area contributed by atoms with Crippen LogP contribution in [-0.2, 0) is 9.53 Å². The SMILES string of the molecule is C#CCNCC(=O)NC1CC(OCC)C1(C)C. The normalized spacial score (nSPS) is 25.8. The minimum atomic E-state index is -0.00623. The maximum atomic E-state index is 11.6. The number of rotatable bonds is 6. The van der Waals surface area contributed by atoms with Crippen LogP contribution in [0, 0.1) is 17.8 Å². The summed E-state index contributed by atoms with van der Waals surface area (Å²) in [6.07, 6.45) is 6.22. The van der Waals surface area contributed by atoms with Crippen LogP contribution in [0.1, 0.15) is 27.2 Å². The van der Waals surface area contributed by atoms with Crippen molar-refractivity contribution in [1.29, 1.82) is 0 Å². The van der Waals surface area contributed by atoms with Crippen LogP contribution in [0.5, 0.6) is 0 Å². The van der Waals surface area contributed by atoms with Gasteiger partial charge in [0.25, 0.3) is 0 Å². The minimum Gasteiger partial charge on any atom is -0.378 e. The summed E-state index contributed by atoms with van der Waals surface area (Å²) in [5.74, 6) is 2.43. The zero-order valence-corrected chi connectivity index (χ0v) is 10.9. The number of hydrogen-bond donors (Lipinski definition) is 2. The molecule has 0 radical (unpaired) electrons. The van der Waals surface area contributed by atoms with Gasteiger partial charge >= 0.3 is 0 Å². The van der Waals surface area contributed by atoms with E-state index in [1.807, 2.05) is 6.92 Å². The minimum absolute atomic E-state index is 0.00623. The molecule has 1 fully saturated rings. The molecule has 0 spiro atoms. The highest BCUT2D eigenvalue weighted by atomic mass is 16.5. The summed E-state index contributed by atoms with van der Waals surface area (Å²) in [5, 5.41) is 5.88. The van der Waals surface area contributed by atoms with Gasteiger partial charge in [-0.15, -0.1) is 6.42 Å². The van der Waals surface area contributed by atoms with Crippen LogP contribution in [0.15, 0.2) is 0 Å². The lowest BCUT2D eigenvalue weighted by atomic mass is 9.64. The van der Waals surface area contributed by atoms with Gasteiger partial charge in [-0.25, -0.2) is 0 Å². The van der Waals surface area contributed by atoms with Gasteiger partial charge in [-0.2, -0.15) is 0 Å². The maximum absolute atomic E-state index is 11.6. The van der Waals surface area contributed by atoms with Crippen molar-refractivity contribution in [3.05, 3.63) is 0 Å². The van der Waals surface area contributed by atoms with Crippen LogP contribution >= 0.6 is 0 Å². The van der Waals surface area contributed by atoms with Gasteiger partial charge in [0, 0.05) is 18.1 Å². The Balaban J connectivity index is 2.30. The Hall–Kier alpha value is -1.05. The lowest BCUT2D eigenvalue weighted by Crippen LogP contribution is -2.62. The zero-order valence-electron chi connectivity index (χ0n) is 10.9. The lowest BCUT2D eigenvalue weighted by Gasteiger charge is -2.51.